The minimum Gasteiger partial charge on any atom is -0.449 e. The lowest BCUT2D eigenvalue weighted by Crippen LogP contribution is -2.36. The maximum Gasteiger partial charge on any atom is 0.407 e. The summed E-state index contributed by atoms with van der Waals surface area (Å²) in [5, 5.41) is 31.8. The van der Waals surface area contributed by atoms with Crippen LogP contribution in [0.5, 0.6) is 0 Å². The van der Waals surface area contributed by atoms with Crippen molar-refractivity contribution in [1.29, 1.82) is 5.26 Å². The lowest BCUT2D eigenvalue weighted by molar-refractivity contribution is 0.0184. The second-order valence-corrected chi connectivity index (χ2v) is 7.60. The molecule has 0 saturated heterocycles. The second kappa shape index (κ2) is 9.18. The van der Waals surface area contributed by atoms with E-state index < -0.39 is 24.1 Å². The number of hydrogen-bond acceptors (Lipinski definition) is 5. The first-order valence-corrected chi connectivity index (χ1v) is 10.1. The highest BCUT2D eigenvalue weighted by Gasteiger charge is 2.29. The number of fused-ring (bicyclic) bond motifs is 3. The van der Waals surface area contributed by atoms with E-state index >= 15 is 0 Å². The highest BCUT2D eigenvalue weighted by molar-refractivity contribution is 5.79. The molecular formula is C25H21FN2O4. The standard InChI is InChI=1S/C25H21FN2O4/c26-17-10-15(12-27)9-16(11-17)24(30)23(29)13-28-25(31)32-14-22-20-7-3-1-5-18(20)19-6-2-4-8-21(19)22/h1-11,22-24,29-30H,13-14H2,(H,28,31). The van der Waals surface area contributed by atoms with E-state index in [9.17, 15) is 19.4 Å². The number of nitrogens with one attached hydrogen (secondary N) is 1. The molecule has 7 heteroatoms. The Bertz CT molecular complexity index is 1150. The third-order valence-electron chi connectivity index (χ3n) is 5.55. The van der Waals surface area contributed by atoms with Crippen molar-refractivity contribution < 1.29 is 24.1 Å². The van der Waals surface area contributed by atoms with Gasteiger partial charge in [-0.25, -0.2) is 9.18 Å². The van der Waals surface area contributed by atoms with E-state index in [-0.39, 0.29) is 30.2 Å². The maximum atomic E-state index is 13.6. The first kappa shape index (κ1) is 21.5. The van der Waals surface area contributed by atoms with Crippen LogP contribution in [0.4, 0.5) is 9.18 Å². The number of nitriles is 1. The van der Waals surface area contributed by atoms with Crippen molar-refractivity contribution >= 4 is 6.09 Å². The molecule has 0 saturated carbocycles. The first-order valence-electron chi connectivity index (χ1n) is 10.1. The first-order chi connectivity index (χ1) is 15.5. The summed E-state index contributed by atoms with van der Waals surface area (Å²) in [4.78, 5) is 12.2. The quantitative estimate of drug-likeness (QED) is 0.552. The van der Waals surface area contributed by atoms with Crippen LogP contribution >= 0.6 is 0 Å². The Balaban J connectivity index is 1.35. The minimum absolute atomic E-state index is 0.0238. The molecule has 0 aromatic heterocycles. The van der Waals surface area contributed by atoms with Gasteiger partial charge < -0.3 is 20.3 Å². The van der Waals surface area contributed by atoms with Gasteiger partial charge in [0.1, 0.15) is 24.6 Å². The van der Waals surface area contributed by atoms with Gasteiger partial charge in [0.25, 0.3) is 0 Å². The van der Waals surface area contributed by atoms with Crippen LogP contribution in [0.2, 0.25) is 0 Å². The normalized spacial score (nSPS) is 14.1. The molecule has 32 heavy (non-hydrogen) atoms. The van der Waals surface area contributed by atoms with E-state index in [0.29, 0.717) is 0 Å². The number of carbonyl (C=O) groups is 1. The molecule has 0 spiro atoms. The molecule has 3 aromatic carbocycles. The number of rotatable bonds is 6. The lowest BCUT2D eigenvalue weighted by Gasteiger charge is -2.19. The van der Waals surface area contributed by atoms with E-state index in [1.807, 2.05) is 48.5 Å². The van der Waals surface area contributed by atoms with Crippen LogP contribution in [0.25, 0.3) is 11.1 Å². The van der Waals surface area contributed by atoms with E-state index in [1.165, 1.54) is 6.07 Å². The van der Waals surface area contributed by atoms with Crippen molar-refractivity contribution in [2.45, 2.75) is 18.1 Å². The Kier molecular flexibility index (Phi) is 6.17. The van der Waals surface area contributed by atoms with Gasteiger partial charge in [-0.05, 0) is 46.0 Å². The molecule has 2 unspecified atom stereocenters. The molecule has 0 fully saturated rings. The number of aliphatic hydroxyl groups is 2. The molecule has 0 aliphatic heterocycles. The summed E-state index contributed by atoms with van der Waals surface area (Å²) in [7, 11) is 0. The molecule has 1 aliphatic carbocycles. The van der Waals surface area contributed by atoms with E-state index in [1.54, 1.807) is 6.07 Å². The summed E-state index contributed by atoms with van der Waals surface area (Å²) < 4.78 is 19.0. The van der Waals surface area contributed by atoms with Crippen LogP contribution in [-0.2, 0) is 4.74 Å². The molecule has 162 valence electrons. The third-order valence-corrected chi connectivity index (χ3v) is 5.55. The fourth-order valence-electron chi connectivity index (χ4n) is 4.02. The van der Waals surface area contributed by atoms with Crippen molar-refractivity contribution in [3.8, 4) is 17.2 Å². The predicted octanol–water partition coefficient (Wildman–Crippen LogP) is 3.63. The minimum atomic E-state index is -1.48. The maximum absolute atomic E-state index is 13.6. The Morgan fingerprint density at radius 3 is 2.31 bits per heavy atom. The van der Waals surface area contributed by atoms with E-state index in [4.69, 9.17) is 10.00 Å². The number of ether oxygens (including phenoxy) is 1. The summed E-state index contributed by atoms with van der Waals surface area (Å²) in [6.07, 6.45) is -3.63. The number of benzene rings is 3. The third kappa shape index (κ3) is 4.33. The smallest absolute Gasteiger partial charge is 0.407 e. The Morgan fingerprint density at radius 2 is 1.69 bits per heavy atom. The van der Waals surface area contributed by atoms with Crippen LogP contribution in [0.1, 0.15) is 34.3 Å². The van der Waals surface area contributed by atoms with Gasteiger partial charge in [0.05, 0.1) is 11.6 Å². The van der Waals surface area contributed by atoms with Crippen molar-refractivity contribution in [3.05, 3.63) is 94.8 Å². The number of amides is 1. The summed E-state index contributed by atoms with van der Waals surface area (Å²) in [6, 6.07) is 21.0. The summed E-state index contributed by atoms with van der Waals surface area (Å²) in [5.41, 5.74) is 4.46. The van der Waals surface area contributed by atoms with Gasteiger partial charge in [0.15, 0.2) is 0 Å². The van der Waals surface area contributed by atoms with Gasteiger partial charge in [-0.2, -0.15) is 5.26 Å². The largest absolute Gasteiger partial charge is 0.449 e. The molecule has 6 nitrogen and oxygen atoms in total. The predicted molar refractivity (Wildman–Crippen MR) is 115 cm³/mol. The number of hydrogen-bond donors (Lipinski definition) is 3. The highest BCUT2D eigenvalue weighted by Crippen LogP contribution is 2.44. The van der Waals surface area contributed by atoms with Gasteiger partial charge in [0, 0.05) is 12.5 Å². The lowest BCUT2D eigenvalue weighted by atomic mass is 9.98. The molecule has 3 N–H and O–H groups in total. The number of carbonyl (C=O) groups excluding carboxylic acids is 1. The van der Waals surface area contributed by atoms with Gasteiger partial charge in [0.2, 0.25) is 0 Å². The molecule has 2 atom stereocenters. The number of alkyl carbamates (subject to hydrolysis) is 1. The fourth-order valence-corrected chi connectivity index (χ4v) is 4.02. The fraction of sp³-hybridized carbons (Fsp3) is 0.200. The van der Waals surface area contributed by atoms with Crippen LogP contribution < -0.4 is 5.32 Å². The average Bonchev–Trinajstić information content (AvgIpc) is 3.14. The van der Waals surface area contributed by atoms with Crippen molar-refractivity contribution in [2.75, 3.05) is 13.2 Å². The summed E-state index contributed by atoms with van der Waals surface area (Å²) in [6.45, 7) is -0.190. The highest BCUT2D eigenvalue weighted by atomic mass is 19.1. The van der Waals surface area contributed by atoms with Crippen LogP contribution in [0.15, 0.2) is 66.7 Å². The van der Waals surface area contributed by atoms with Crippen molar-refractivity contribution in [1.82, 2.24) is 5.32 Å². The SMILES string of the molecule is N#Cc1cc(F)cc(C(O)C(O)CNC(=O)OCC2c3ccccc3-c3ccccc32)c1. The zero-order chi connectivity index (χ0) is 22.7. The molecule has 4 rings (SSSR count). The van der Waals surface area contributed by atoms with Gasteiger partial charge in [-0.15, -0.1) is 0 Å². The Hall–Kier alpha value is -3.73. The molecule has 0 bridgehead atoms. The molecule has 1 aliphatic rings. The number of aliphatic hydroxyl groups excluding tert-OH is 2. The summed E-state index contributed by atoms with van der Waals surface area (Å²) >= 11 is 0. The summed E-state index contributed by atoms with van der Waals surface area (Å²) in [5.74, 6) is -0.796. The van der Waals surface area contributed by atoms with Gasteiger partial charge in [-0.3, -0.25) is 0 Å². The van der Waals surface area contributed by atoms with Crippen molar-refractivity contribution in [3.63, 3.8) is 0 Å². The Labute approximate surface area is 184 Å². The van der Waals surface area contributed by atoms with Gasteiger partial charge >= 0.3 is 6.09 Å². The molecule has 3 aromatic rings. The monoisotopic (exact) mass is 432 g/mol. The molecule has 1 amide bonds. The number of halogens is 1. The molecule has 0 radical (unpaired) electrons. The molecular weight excluding hydrogens is 411 g/mol. The zero-order valence-electron chi connectivity index (χ0n) is 17.0. The van der Waals surface area contributed by atoms with Crippen LogP contribution in [0, 0.1) is 17.1 Å². The van der Waals surface area contributed by atoms with Crippen LogP contribution in [0.3, 0.4) is 0 Å². The zero-order valence-corrected chi connectivity index (χ0v) is 17.0. The van der Waals surface area contributed by atoms with E-state index in [2.05, 4.69) is 5.32 Å². The average molecular weight is 432 g/mol. The topological polar surface area (TPSA) is 103 Å². The number of nitrogens with zero attached hydrogens (tertiary/aromatic N) is 1. The van der Waals surface area contributed by atoms with Gasteiger partial charge in [-0.1, -0.05) is 48.5 Å². The van der Waals surface area contributed by atoms with Crippen LogP contribution in [-0.4, -0.2) is 35.6 Å². The molecule has 0 heterocycles. The second-order valence-electron chi connectivity index (χ2n) is 7.60. The van der Waals surface area contributed by atoms with Crippen molar-refractivity contribution in [2.24, 2.45) is 0 Å². The Morgan fingerprint density at radius 1 is 1.06 bits per heavy atom. The van der Waals surface area contributed by atoms with E-state index in [0.717, 1.165) is 34.4 Å².